The van der Waals surface area contributed by atoms with Gasteiger partial charge in [0.15, 0.2) is 0 Å². The highest BCUT2D eigenvalue weighted by molar-refractivity contribution is 9.10. The maximum absolute atomic E-state index is 9.09. The van der Waals surface area contributed by atoms with Gasteiger partial charge >= 0.3 is 0 Å². The molecule has 1 aromatic carbocycles. The molecule has 0 aromatic heterocycles. The van der Waals surface area contributed by atoms with E-state index in [0.29, 0.717) is 23.3 Å². The minimum Gasteiger partial charge on any atom is -0.384 e. The molecule has 0 fully saturated rings. The van der Waals surface area contributed by atoms with Crippen LogP contribution in [0.1, 0.15) is 33.3 Å². The van der Waals surface area contributed by atoms with Crippen molar-refractivity contribution < 1.29 is 0 Å². The van der Waals surface area contributed by atoms with Crippen molar-refractivity contribution in [3.05, 3.63) is 28.2 Å². The highest BCUT2D eigenvalue weighted by Gasteiger charge is 2.17. The predicted molar refractivity (Wildman–Crippen MR) is 80.5 cm³/mol. The normalized spacial score (nSPS) is 11.1. The minimum absolute atomic E-state index is 0.607. The van der Waals surface area contributed by atoms with E-state index in [0.717, 1.165) is 16.7 Å². The van der Waals surface area contributed by atoms with Crippen LogP contribution in [0.15, 0.2) is 22.7 Å². The first-order chi connectivity index (χ1) is 8.45. The largest absolute Gasteiger partial charge is 0.384 e. The van der Waals surface area contributed by atoms with Crippen LogP contribution in [0.5, 0.6) is 0 Å². The molecule has 0 spiro atoms. The van der Waals surface area contributed by atoms with Gasteiger partial charge in [0.25, 0.3) is 0 Å². The van der Waals surface area contributed by atoms with Crippen LogP contribution in [0.4, 0.5) is 5.69 Å². The van der Waals surface area contributed by atoms with Crippen LogP contribution in [0.2, 0.25) is 0 Å². The molecule has 0 aliphatic heterocycles. The fourth-order valence-electron chi connectivity index (χ4n) is 2.23. The standard InChI is InChI=1S/C15H21BrN2/c1-10(2)14(11(3)4)9-18-15-7-13(16)6-5-12(15)8-17/h5-7,10-11,14,18H,9H2,1-4H3. The summed E-state index contributed by atoms with van der Waals surface area (Å²) in [5, 5.41) is 12.5. The first-order valence-corrected chi connectivity index (χ1v) is 7.18. The van der Waals surface area contributed by atoms with Gasteiger partial charge in [0.05, 0.1) is 11.3 Å². The molecule has 0 aliphatic carbocycles. The number of benzene rings is 1. The molecule has 18 heavy (non-hydrogen) atoms. The van der Waals surface area contributed by atoms with Crippen molar-refractivity contribution in [1.82, 2.24) is 0 Å². The number of anilines is 1. The third kappa shape index (κ3) is 4.03. The number of nitrogens with one attached hydrogen (secondary N) is 1. The molecule has 0 atom stereocenters. The van der Waals surface area contributed by atoms with Crippen LogP contribution in [-0.4, -0.2) is 6.54 Å². The van der Waals surface area contributed by atoms with E-state index in [1.54, 1.807) is 0 Å². The quantitative estimate of drug-likeness (QED) is 0.858. The fraction of sp³-hybridized carbons (Fsp3) is 0.533. The van der Waals surface area contributed by atoms with E-state index in [2.05, 4.69) is 55.0 Å². The molecule has 0 aliphatic rings. The van der Waals surface area contributed by atoms with Crippen LogP contribution in [0.3, 0.4) is 0 Å². The van der Waals surface area contributed by atoms with E-state index in [1.807, 2.05) is 18.2 Å². The van der Waals surface area contributed by atoms with E-state index < -0.39 is 0 Å². The molecular formula is C15H21BrN2. The van der Waals surface area contributed by atoms with Gasteiger partial charge < -0.3 is 5.32 Å². The van der Waals surface area contributed by atoms with Crippen molar-refractivity contribution >= 4 is 21.6 Å². The molecule has 98 valence electrons. The Labute approximate surface area is 119 Å². The van der Waals surface area contributed by atoms with Gasteiger partial charge in [0.2, 0.25) is 0 Å². The Morgan fingerprint density at radius 3 is 2.33 bits per heavy atom. The van der Waals surface area contributed by atoms with E-state index in [9.17, 15) is 0 Å². The molecule has 0 saturated carbocycles. The van der Waals surface area contributed by atoms with E-state index in [4.69, 9.17) is 5.26 Å². The molecule has 0 amide bonds. The van der Waals surface area contributed by atoms with Gasteiger partial charge in [-0.05, 0) is 36.0 Å². The average molecular weight is 309 g/mol. The summed E-state index contributed by atoms with van der Waals surface area (Å²) in [5.41, 5.74) is 1.61. The summed E-state index contributed by atoms with van der Waals surface area (Å²) in [6, 6.07) is 7.92. The number of halogens is 1. The second-order valence-electron chi connectivity index (χ2n) is 5.33. The second kappa shape index (κ2) is 6.80. The second-order valence-corrected chi connectivity index (χ2v) is 6.25. The maximum atomic E-state index is 9.09. The van der Waals surface area contributed by atoms with Crippen LogP contribution in [0.25, 0.3) is 0 Å². The summed E-state index contributed by atoms with van der Waals surface area (Å²) in [7, 11) is 0. The number of nitriles is 1. The first-order valence-electron chi connectivity index (χ1n) is 6.39. The summed E-state index contributed by atoms with van der Waals surface area (Å²) >= 11 is 3.44. The number of hydrogen-bond donors (Lipinski definition) is 1. The van der Waals surface area contributed by atoms with E-state index in [-0.39, 0.29) is 0 Å². The SMILES string of the molecule is CC(C)C(CNc1cc(Br)ccc1C#N)C(C)C. The van der Waals surface area contributed by atoms with Crippen LogP contribution >= 0.6 is 15.9 Å². The molecule has 1 rings (SSSR count). The van der Waals surface area contributed by atoms with E-state index in [1.165, 1.54) is 0 Å². The monoisotopic (exact) mass is 308 g/mol. The van der Waals surface area contributed by atoms with Crippen molar-refractivity contribution in [3.8, 4) is 6.07 Å². The molecule has 0 saturated heterocycles. The predicted octanol–water partition coefficient (Wildman–Crippen LogP) is 4.66. The molecule has 1 N–H and O–H groups in total. The Balaban J connectivity index is 2.79. The zero-order valence-electron chi connectivity index (χ0n) is 11.5. The fourth-order valence-corrected chi connectivity index (χ4v) is 2.59. The van der Waals surface area contributed by atoms with Crippen molar-refractivity contribution in [2.75, 3.05) is 11.9 Å². The van der Waals surface area contributed by atoms with Crippen molar-refractivity contribution in [3.63, 3.8) is 0 Å². The van der Waals surface area contributed by atoms with Gasteiger partial charge in [0.1, 0.15) is 6.07 Å². The van der Waals surface area contributed by atoms with E-state index >= 15 is 0 Å². The number of nitrogens with zero attached hydrogens (tertiary/aromatic N) is 1. The van der Waals surface area contributed by atoms with Crippen molar-refractivity contribution in [1.29, 1.82) is 5.26 Å². The first kappa shape index (κ1) is 15.0. The lowest BCUT2D eigenvalue weighted by Crippen LogP contribution is -2.24. The highest BCUT2D eigenvalue weighted by atomic mass is 79.9. The smallest absolute Gasteiger partial charge is 0.101 e. The third-order valence-corrected chi connectivity index (χ3v) is 3.84. The van der Waals surface area contributed by atoms with Gasteiger partial charge in [0, 0.05) is 11.0 Å². The topological polar surface area (TPSA) is 35.8 Å². The molecule has 0 bridgehead atoms. The summed E-state index contributed by atoms with van der Waals surface area (Å²) in [4.78, 5) is 0. The Kier molecular flexibility index (Phi) is 5.68. The van der Waals surface area contributed by atoms with Gasteiger partial charge in [-0.2, -0.15) is 5.26 Å². The highest BCUT2D eigenvalue weighted by Crippen LogP contribution is 2.24. The van der Waals surface area contributed by atoms with Gasteiger partial charge in [-0.3, -0.25) is 0 Å². The summed E-state index contributed by atoms with van der Waals surface area (Å²) in [6.45, 7) is 9.90. The van der Waals surface area contributed by atoms with Gasteiger partial charge in [-0.1, -0.05) is 43.6 Å². The van der Waals surface area contributed by atoms with Gasteiger partial charge in [-0.25, -0.2) is 0 Å². The summed E-state index contributed by atoms with van der Waals surface area (Å²) in [5.74, 6) is 1.88. The Bertz CT molecular complexity index is 425. The average Bonchev–Trinajstić information content (AvgIpc) is 2.28. The Morgan fingerprint density at radius 2 is 1.83 bits per heavy atom. The zero-order valence-corrected chi connectivity index (χ0v) is 13.1. The summed E-state index contributed by atoms with van der Waals surface area (Å²) < 4.78 is 0.995. The minimum atomic E-state index is 0.607. The lowest BCUT2D eigenvalue weighted by atomic mass is 9.85. The zero-order chi connectivity index (χ0) is 13.7. The molecule has 2 nitrogen and oxygen atoms in total. The Morgan fingerprint density at radius 1 is 1.22 bits per heavy atom. The maximum Gasteiger partial charge on any atom is 0.101 e. The Hall–Kier alpha value is -1.01. The third-order valence-electron chi connectivity index (χ3n) is 3.34. The molecular weight excluding hydrogens is 288 g/mol. The van der Waals surface area contributed by atoms with Crippen molar-refractivity contribution in [2.45, 2.75) is 27.7 Å². The van der Waals surface area contributed by atoms with Crippen LogP contribution in [0, 0.1) is 29.1 Å². The van der Waals surface area contributed by atoms with Gasteiger partial charge in [-0.15, -0.1) is 0 Å². The molecule has 0 heterocycles. The molecule has 3 heteroatoms. The molecule has 0 unspecified atom stereocenters. The number of hydrogen-bond acceptors (Lipinski definition) is 2. The molecule has 1 aromatic rings. The molecule has 0 radical (unpaired) electrons. The number of rotatable bonds is 5. The lowest BCUT2D eigenvalue weighted by molar-refractivity contribution is 0.304. The van der Waals surface area contributed by atoms with Crippen LogP contribution < -0.4 is 5.32 Å². The van der Waals surface area contributed by atoms with Crippen molar-refractivity contribution in [2.24, 2.45) is 17.8 Å². The lowest BCUT2D eigenvalue weighted by Gasteiger charge is -2.25. The summed E-state index contributed by atoms with van der Waals surface area (Å²) in [6.07, 6.45) is 0. The van der Waals surface area contributed by atoms with Crippen LogP contribution in [-0.2, 0) is 0 Å².